The molecule has 23 heavy (non-hydrogen) atoms. The zero-order valence-electron chi connectivity index (χ0n) is 12.6. The summed E-state index contributed by atoms with van der Waals surface area (Å²) in [5.74, 6) is 1.01. The number of fused-ring (bicyclic) bond motifs is 2. The molecule has 2 aliphatic heterocycles. The molecule has 2 unspecified atom stereocenters. The molecule has 1 spiro atoms. The summed E-state index contributed by atoms with van der Waals surface area (Å²) in [4.78, 5) is 14.7. The van der Waals surface area contributed by atoms with E-state index < -0.39 is 5.72 Å². The fourth-order valence-corrected chi connectivity index (χ4v) is 3.01. The van der Waals surface area contributed by atoms with Gasteiger partial charge in [0, 0.05) is 31.4 Å². The number of hydrogen-bond donors (Lipinski definition) is 1. The van der Waals surface area contributed by atoms with Gasteiger partial charge in [0.15, 0.2) is 0 Å². The van der Waals surface area contributed by atoms with Crippen molar-refractivity contribution >= 4 is 19.3 Å². The number of nitrogens with two attached hydrogens (primary N) is 1. The van der Waals surface area contributed by atoms with Gasteiger partial charge in [-0.3, -0.25) is 4.98 Å². The fourth-order valence-electron chi connectivity index (χ4n) is 3.01. The summed E-state index contributed by atoms with van der Waals surface area (Å²) in [6.45, 7) is 0. The number of benzene rings is 1. The summed E-state index contributed by atoms with van der Waals surface area (Å²) in [6.07, 6.45) is 3.77. The number of ether oxygens (including phenoxy) is 1. The van der Waals surface area contributed by atoms with E-state index in [4.69, 9.17) is 23.2 Å². The summed E-state index contributed by atoms with van der Waals surface area (Å²) in [5.41, 5.74) is 7.37. The van der Waals surface area contributed by atoms with Crippen LogP contribution in [0.3, 0.4) is 0 Å². The molecule has 2 atom stereocenters. The third kappa shape index (κ3) is 2.24. The third-order valence-electron chi connectivity index (χ3n) is 4.12. The highest BCUT2D eigenvalue weighted by atomic mass is 16.7. The van der Waals surface area contributed by atoms with Gasteiger partial charge in [0.25, 0.3) is 0 Å². The molecule has 3 heterocycles. The number of aromatic nitrogens is 1. The first-order valence-corrected chi connectivity index (χ1v) is 7.32. The smallest absolute Gasteiger partial charge is 0.222 e. The Kier molecular flexibility index (Phi) is 3.06. The Morgan fingerprint density at radius 3 is 2.96 bits per heavy atom. The van der Waals surface area contributed by atoms with Gasteiger partial charge in [-0.15, -0.1) is 0 Å². The van der Waals surface area contributed by atoms with Crippen molar-refractivity contribution in [2.45, 2.75) is 18.2 Å². The average Bonchev–Trinajstić information content (AvgIpc) is 2.83. The zero-order valence-corrected chi connectivity index (χ0v) is 12.6. The maximum absolute atomic E-state index is 6.13. The van der Waals surface area contributed by atoms with Crippen LogP contribution in [0.1, 0.15) is 23.7 Å². The van der Waals surface area contributed by atoms with Crippen LogP contribution in [0.15, 0.2) is 47.7 Å². The zero-order chi connectivity index (χ0) is 16.0. The van der Waals surface area contributed by atoms with E-state index in [1.54, 1.807) is 25.5 Å². The molecule has 4 rings (SSSR count). The van der Waals surface area contributed by atoms with Crippen molar-refractivity contribution in [2.24, 2.45) is 10.7 Å². The molecule has 2 radical (unpaired) electrons. The largest absolute Gasteiger partial charge is 0.485 e. The first-order chi connectivity index (χ1) is 11.1. The molecule has 1 aromatic carbocycles. The van der Waals surface area contributed by atoms with E-state index in [9.17, 15) is 0 Å². The molecule has 1 aromatic heterocycles. The van der Waals surface area contributed by atoms with E-state index >= 15 is 0 Å². The number of aliphatic imine (C=N–C) groups is 1. The summed E-state index contributed by atoms with van der Waals surface area (Å²) >= 11 is 0. The molecular formula is C16H15BN4O2. The predicted octanol–water partition coefficient (Wildman–Crippen LogP) is 0.744. The van der Waals surface area contributed by atoms with Crippen LogP contribution in [-0.2, 0) is 10.6 Å². The molecule has 0 bridgehead atoms. The molecule has 114 valence electrons. The van der Waals surface area contributed by atoms with Crippen molar-refractivity contribution in [1.82, 2.24) is 10.0 Å². The number of pyridine rings is 1. The van der Waals surface area contributed by atoms with E-state index in [1.807, 2.05) is 24.3 Å². The minimum absolute atomic E-state index is 0.233. The molecule has 0 fully saturated rings. The number of rotatable bonds is 1. The first-order valence-electron chi connectivity index (χ1n) is 7.32. The van der Waals surface area contributed by atoms with Gasteiger partial charge in [-0.05, 0) is 12.1 Å². The minimum Gasteiger partial charge on any atom is -0.485 e. The Bertz CT molecular complexity index is 783. The molecule has 2 aromatic rings. The molecule has 0 aliphatic carbocycles. The van der Waals surface area contributed by atoms with Crippen molar-refractivity contribution in [3.8, 4) is 5.75 Å². The van der Waals surface area contributed by atoms with Crippen LogP contribution in [0.2, 0.25) is 0 Å². The lowest BCUT2D eigenvalue weighted by Crippen LogP contribution is -2.37. The summed E-state index contributed by atoms with van der Waals surface area (Å²) in [7, 11) is 7.66. The Balaban J connectivity index is 1.84. The molecule has 2 N–H and O–H groups in total. The van der Waals surface area contributed by atoms with Crippen LogP contribution in [0, 0.1) is 0 Å². The molecule has 2 aliphatic rings. The van der Waals surface area contributed by atoms with E-state index in [1.165, 1.54) is 5.06 Å². The summed E-state index contributed by atoms with van der Waals surface area (Å²) in [5, 5.41) is 1.47. The summed E-state index contributed by atoms with van der Waals surface area (Å²) < 4.78 is 6.13. The highest BCUT2D eigenvalue weighted by molar-refractivity contribution is 6.32. The van der Waals surface area contributed by atoms with E-state index in [0.717, 1.165) is 11.1 Å². The number of hydroxylamine groups is 2. The van der Waals surface area contributed by atoms with Crippen LogP contribution in [0.5, 0.6) is 5.75 Å². The third-order valence-corrected chi connectivity index (χ3v) is 4.12. The minimum atomic E-state index is -0.928. The molecule has 7 heteroatoms. The topological polar surface area (TPSA) is 73.0 Å². The summed E-state index contributed by atoms with van der Waals surface area (Å²) in [6, 6.07) is 9.31. The van der Waals surface area contributed by atoms with Crippen molar-refractivity contribution in [1.29, 1.82) is 0 Å². The first kappa shape index (κ1) is 14.1. The lowest BCUT2D eigenvalue weighted by atomic mass is 9.86. The van der Waals surface area contributed by atoms with Crippen molar-refractivity contribution in [2.75, 3.05) is 7.05 Å². The van der Waals surface area contributed by atoms with E-state index in [2.05, 4.69) is 9.98 Å². The maximum Gasteiger partial charge on any atom is 0.222 e. The second kappa shape index (κ2) is 4.99. The Morgan fingerprint density at radius 2 is 2.26 bits per heavy atom. The van der Waals surface area contributed by atoms with Gasteiger partial charge in [-0.25, -0.2) is 14.9 Å². The van der Waals surface area contributed by atoms with Gasteiger partial charge in [-0.1, -0.05) is 23.7 Å². The van der Waals surface area contributed by atoms with Crippen molar-refractivity contribution < 1.29 is 9.57 Å². The van der Waals surface area contributed by atoms with Gasteiger partial charge >= 0.3 is 0 Å². The SMILES string of the molecule is [B]c1ccc2c(c1)C1(CC(c3cccnc3)O2)N=C(N)N(C)O1. The van der Waals surface area contributed by atoms with Gasteiger partial charge in [-0.2, -0.15) is 0 Å². The molecule has 0 saturated heterocycles. The molecule has 6 nitrogen and oxygen atoms in total. The van der Waals surface area contributed by atoms with Gasteiger partial charge < -0.3 is 10.5 Å². The average molecular weight is 306 g/mol. The number of hydrogen-bond acceptors (Lipinski definition) is 6. The fraction of sp³-hybridized carbons (Fsp3) is 0.250. The highest BCUT2D eigenvalue weighted by Crippen LogP contribution is 2.49. The van der Waals surface area contributed by atoms with Crippen LogP contribution in [0.25, 0.3) is 0 Å². The second-order valence-corrected chi connectivity index (χ2v) is 5.70. The monoisotopic (exact) mass is 306 g/mol. The molecule has 0 saturated carbocycles. The lowest BCUT2D eigenvalue weighted by molar-refractivity contribution is -0.191. The van der Waals surface area contributed by atoms with Crippen LogP contribution in [0.4, 0.5) is 0 Å². The quantitative estimate of drug-likeness (QED) is 0.787. The molecular weight excluding hydrogens is 291 g/mol. The van der Waals surface area contributed by atoms with E-state index in [0.29, 0.717) is 23.6 Å². The lowest BCUT2D eigenvalue weighted by Gasteiger charge is -2.37. The number of nitrogens with zero attached hydrogens (tertiary/aromatic N) is 3. The second-order valence-electron chi connectivity index (χ2n) is 5.70. The van der Waals surface area contributed by atoms with Crippen LogP contribution in [-0.4, -0.2) is 30.9 Å². The van der Waals surface area contributed by atoms with Gasteiger partial charge in [0.1, 0.15) is 19.7 Å². The number of guanidine groups is 1. The van der Waals surface area contributed by atoms with Gasteiger partial charge in [0.2, 0.25) is 11.7 Å². The van der Waals surface area contributed by atoms with Crippen molar-refractivity contribution in [3.05, 3.63) is 53.9 Å². The Hall–Kier alpha value is -2.54. The Morgan fingerprint density at radius 1 is 1.39 bits per heavy atom. The maximum atomic E-state index is 6.13. The molecule has 0 amide bonds. The van der Waals surface area contributed by atoms with Crippen LogP contribution < -0.4 is 15.9 Å². The normalized spacial score (nSPS) is 25.9. The van der Waals surface area contributed by atoms with Crippen LogP contribution >= 0.6 is 0 Å². The standard InChI is InChI=1S/C16H15BN4O2/c1-21-15(18)20-16(23-21)8-14(10-3-2-6-19-9-10)22-13-5-4-11(17)7-12(13)16/h2-7,9,14H,8H2,1H3,(H2,18,20). The van der Waals surface area contributed by atoms with Crippen molar-refractivity contribution in [3.63, 3.8) is 0 Å². The highest BCUT2D eigenvalue weighted by Gasteiger charge is 2.48. The Labute approximate surface area is 135 Å². The predicted molar refractivity (Wildman–Crippen MR) is 86.2 cm³/mol. The van der Waals surface area contributed by atoms with E-state index in [-0.39, 0.29) is 6.10 Å². The van der Waals surface area contributed by atoms with Gasteiger partial charge in [0.05, 0.1) is 5.56 Å².